The molecular formula is C10H3I5O5S. The zero-order valence-corrected chi connectivity index (χ0v) is 21.1. The lowest BCUT2D eigenvalue weighted by Gasteiger charge is -2.16. The predicted octanol–water partition coefficient (Wildman–Crippen LogP) is 4.52. The summed E-state index contributed by atoms with van der Waals surface area (Å²) in [7, 11) is -4.70. The van der Waals surface area contributed by atoms with Crippen LogP contribution in [-0.2, 0) is 10.1 Å². The summed E-state index contributed by atoms with van der Waals surface area (Å²) >= 11 is 10.1. The van der Waals surface area contributed by atoms with Gasteiger partial charge in [0.05, 0.1) is 3.57 Å². The van der Waals surface area contributed by atoms with Crippen molar-refractivity contribution in [3.8, 4) is 11.5 Å². The predicted molar refractivity (Wildman–Crippen MR) is 121 cm³/mol. The third-order valence-corrected chi connectivity index (χ3v) is 12.0. The summed E-state index contributed by atoms with van der Waals surface area (Å²) in [6.07, 6.45) is 0. The number of phenols is 2. The molecule has 114 valence electrons. The first kappa shape index (κ1) is 19.2. The average Bonchev–Trinajstić information content (AvgIpc) is 2.38. The van der Waals surface area contributed by atoms with Gasteiger partial charge in [-0.3, -0.25) is 4.55 Å². The molecule has 0 aliphatic heterocycles. The Morgan fingerprint density at radius 2 is 1.10 bits per heavy atom. The zero-order chi connectivity index (χ0) is 16.3. The van der Waals surface area contributed by atoms with Crippen LogP contribution in [0.2, 0.25) is 0 Å². The Labute approximate surface area is 188 Å². The van der Waals surface area contributed by atoms with Gasteiger partial charge in [0.1, 0.15) is 4.90 Å². The van der Waals surface area contributed by atoms with E-state index in [9.17, 15) is 23.2 Å². The summed E-state index contributed by atoms with van der Waals surface area (Å²) in [5.74, 6) is -1.39. The Kier molecular flexibility index (Phi) is 6.06. The molecule has 5 nitrogen and oxygen atoms in total. The second-order valence-electron chi connectivity index (χ2n) is 3.82. The summed E-state index contributed by atoms with van der Waals surface area (Å²) in [5.41, 5.74) is 0. The number of aromatic hydroxyl groups is 2. The van der Waals surface area contributed by atoms with Gasteiger partial charge in [0.2, 0.25) is 0 Å². The molecule has 2 rings (SSSR count). The monoisotopic (exact) mass is 869 g/mol. The fraction of sp³-hybridized carbons (Fsp3) is 0. The zero-order valence-electron chi connectivity index (χ0n) is 9.46. The van der Waals surface area contributed by atoms with Crippen LogP contribution in [-0.4, -0.2) is 23.2 Å². The molecule has 0 atom stereocenters. The highest BCUT2D eigenvalue weighted by Crippen LogP contribution is 2.48. The molecule has 2 aromatic carbocycles. The van der Waals surface area contributed by atoms with Gasteiger partial charge in [0.25, 0.3) is 10.1 Å². The van der Waals surface area contributed by atoms with Crippen molar-refractivity contribution in [3.05, 3.63) is 17.9 Å². The van der Waals surface area contributed by atoms with E-state index < -0.39 is 26.5 Å². The minimum Gasteiger partial charge on any atom is -0.503 e. The molecule has 11 heteroatoms. The van der Waals surface area contributed by atoms with E-state index in [2.05, 4.69) is 67.8 Å². The third-order valence-electron chi connectivity index (χ3n) is 2.62. The molecular weight excluding hydrogens is 867 g/mol. The fourth-order valence-corrected chi connectivity index (χ4v) is 7.78. The van der Waals surface area contributed by atoms with E-state index in [0.717, 1.165) is 10.7 Å². The van der Waals surface area contributed by atoms with Crippen molar-refractivity contribution in [2.45, 2.75) is 4.90 Å². The normalized spacial score (nSPS) is 12.1. The van der Waals surface area contributed by atoms with E-state index in [4.69, 9.17) is 0 Å². The van der Waals surface area contributed by atoms with Crippen molar-refractivity contribution in [3.63, 3.8) is 0 Å². The van der Waals surface area contributed by atoms with Gasteiger partial charge >= 0.3 is 0 Å². The summed E-state index contributed by atoms with van der Waals surface area (Å²) in [4.78, 5) is -0.660. The maximum atomic E-state index is 11.7. The van der Waals surface area contributed by atoms with Gasteiger partial charge in [-0.05, 0) is 113 Å². The first-order valence-corrected chi connectivity index (χ1v) is 11.7. The van der Waals surface area contributed by atoms with Gasteiger partial charge in [-0.1, -0.05) is 0 Å². The number of rotatable bonds is 1. The van der Waals surface area contributed by atoms with Crippen molar-refractivity contribution in [2.24, 2.45) is 0 Å². The smallest absolute Gasteiger partial charge is 0.299 e. The van der Waals surface area contributed by atoms with Gasteiger partial charge in [-0.25, -0.2) is 0 Å². The second-order valence-corrected chi connectivity index (χ2v) is 10.6. The van der Waals surface area contributed by atoms with Crippen LogP contribution in [0.25, 0.3) is 10.8 Å². The Balaban J connectivity index is 3.35. The molecule has 0 amide bonds. The maximum Gasteiger partial charge on any atom is 0.299 e. The lowest BCUT2D eigenvalue weighted by Crippen LogP contribution is -2.05. The molecule has 0 aliphatic rings. The highest BCUT2D eigenvalue weighted by atomic mass is 127. The Hall–Kier alpha value is 1.86. The molecule has 0 radical (unpaired) electrons. The van der Waals surface area contributed by atoms with Gasteiger partial charge < -0.3 is 10.2 Å². The number of benzene rings is 2. The van der Waals surface area contributed by atoms with Crippen molar-refractivity contribution in [1.29, 1.82) is 0 Å². The number of halogens is 5. The van der Waals surface area contributed by atoms with Crippen molar-refractivity contribution < 1.29 is 23.2 Å². The second kappa shape index (κ2) is 6.64. The molecule has 0 bridgehead atoms. The minimum atomic E-state index is -4.70. The summed E-state index contributed by atoms with van der Waals surface area (Å²) in [6, 6.07) is 0. The van der Waals surface area contributed by atoms with Crippen LogP contribution in [0.4, 0.5) is 0 Å². The van der Waals surface area contributed by atoms with E-state index in [0.29, 0.717) is 12.5 Å². The SMILES string of the molecule is O=S(=O)(O)c1c(O)c(O)c(I)c2c(I)c(I)c(I)c(I)c12. The Morgan fingerprint density at radius 1 is 0.667 bits per heavy atom. The highest BCUT2D eigenvalue weighted by Gasteiger charge is 2.30. The van der Waals surface area contributed by atoms with Crippen LogP contribution in [0.3, 0.4) is 0 Å². The summed E-state index contributed by atoms with van der Waals surface area (Å²) in [6.45, 7) is 0. The minimum absolute atomic E-state index is 0.215. The largest absolute Gasteiger partial charge is 0.503 e. The molecule has 0 spiro atoms. The number of fused-ring (bicyclic) bond motifs is 1. The first-order chi connectivity index (χ1) is 9.50. The number of hydrogen-bond acceptors (Lipinski definition) is 4. The molecule has 0 saturated carbocycles. The van der Waals surface area contributed by atoms with E-state index in [-0.39, 0.29) is 5.39 Å². The fourth-order valence-electron chi connectivity index (χ4n) is 1.75. The molecule has 3 N–H and O–H groups in total. The average molecular weight is 870 g/mol. The van der Waals surface area contributed by atoms with Crippen LogP contribution in [0.5, 0.6) is 11.5 Å². The van der Waals surface area contributed by atoms with Crippen molar-refractivity contribution in [1.82, 2.24) is 0 Å². The first-order valence-electron chi connectivity index (χ1n) is 4.86. The van der Waals surface area contributed by atoms with Gasteiger partial charge in [-0.15, -0.1) is 0 Å². The van der Waals surface area contributed by atoms with Crippen LogP contribution >= 0.6 is 113 Å². The van der Waals surface area contributed by atoms with E-state index >= 15 is 0 Å². The van der Waals surface area contributed by atoms with Gasteiger partial charge in [-0.2, -0.15) is 8.42 Å². The highest BCUT2D eigenvalue weighted by molar-refractivity contribution is 14.1. The van der Waals surface area contributed by atoms with Crippen molar-refractivity contribution >= 4 is 134 Å². The molecule has 0 aliphatic carbocycles. The third kappa shape index (κ3) is 3.21. The van der Waals surface area contributed by atoms with Gasteiger partial charge in [0, 0.05) is 25.1 Å². The topological polar surface area (TPSA) is 94.8 Å². The van der Waals surface area contributed by atoms with E-state index in [1.54, 1.807) is 0 Å². The van der Waals surface area contributed by atoms with Crippen LogP contribution in [0, 0.1) is 17.9 Å². The molecule has 21 heavy (non-hydrogen) atoms. The van der Waals surface area contributed by atoms with Crippen LogP contribution < -0.4 is 0 Å². The standard InChI is InChI=1S/C10H3I5O5S/c11-3-1-2(4(12)7(15)6(3)14)10(21(18,19)20)9(17)8(16)5(1)13/h16-17H,(H,18,19,20). The number of phenolic OH excluding ortho intramolecular Hbond substituents is 2. The lowest BCUT2D eigenvalue weighted by atomic mass is 10.1. The Bertz CT molecular complexity index is 885. The molecule has 0 saturated heterocycles. The molecule has 2 aromatic rings. The molecule has 0 fully saturated rings. The quantitative estimate of drug-likeness (QED) is 0.129. The summed E-state index contributed by atoms with van der Waals surface area (Å²) < 4.78 is 36.2. The van der Waals surface area contributed by atoms with E-state index in [1.807, 2.05) is 45.2 Å². The van der Waals surface area contributed by atoms with Crippen LogP contribution in [0.1, 0.15) is 0 Å². The molecule has 0 heterocycles. The van der Waals surface area contributed by atoms with Crippen molar-refractivity contribution in [2.75, 3.05) is 0 Å². The Morgan fingerprint density at radius 3 is 1.52 bits per heavy atom. The van der Waals surface area contributed by atoms with Gasteiger partial charge in [0.15, 0.2) is 11.5 Å². The maximum absolute atomic E-state index is 11.7. The molecule has 0 unspecified atom stereocenters. The lowest BCUT2D eigenvalue weighted by molar-refractivity contribution is 0.388. The van der Waals surface area contributed by atoms with E-state index in [1.165, 1.54) is 0 Å². The molecule has 0 aromatic heterocycles. The summed E-state index contributed by atoms with van der Waals surface area (Å²) in [5, 5.41) is 20.7. The number of hydrogen-bond donors (Lipinski definition) is 3. The van der Waals surface area contributed by atoms with Crippen LogP contribution in [0.15, 0.2) is 4.90 Å².